The summed E-state index contributed by atoms with van der Waals surface area (Å²) in [5, 5.41) is 3.16. The van der Waals surface area contributed by atoms with E-state index in [-0.39, 0.29) is 0 Å². The van der Waals surface area contributed by atoms with Gasteiger partial charge in [0.05, 0.1) is 11.4 Å². The van der Waals surface area contributed by atoms with Crippen molar-refractivity contribution in [2.45, 2.75) is 13.3 Å². The summed E-state index contributed by atoms with van der Waals surface area (Å²) >= 11 is 0. The summed E-state index contributed by atoms with van der Waals surface area (Å²) in [6.07, 6.45) is 2.98. The van der Waals surface area contributed by atoms with Gasteiger partial charge in [0, 0.05) is 13.2 Å². The third-order valence-electron chi connectivity index (χ3n) is 3.54. The van der Waals surface area contributed by atoms with Gasteiger partial charge in [0.25, 0.3) is 0 Å². The number of benzene rings is 2. The Bertz CT molecular complexity index is 729. The molecule has 3 rings (SSSR count). The van der Waals surface area contributed by atoms with Gasteiger partial charge in [-0.05, 0) is 30.5 Å². The Morgan fingerprint density at radius 2 is 1.71 bits per heavy atom. The van der Waals surface area contributed by atoms with Crippen LogP contribution in [0, 0.1) is 6.92 Å². The highest BCUT2D eigenvalue weighted by atomic mass is 15.2. The Kier molecular flexibility index (Phi) is 3.73. The topological polar surface area (TPSA) is 29.9 Å². The van der Waals surface area contributed by atoms with E-state index in [1.54, 1.807) is 0 Å². The SMILES string of the molecule is CNc1nc(C)cn1-c1ccccc1Cc1ccccc1. The van der Waals surface area contributed by atoms with Crippen molar-refractivity contribution in [3.8, 4) is 5.69 Å². The van der Waals surface area contributed by atoms with Gasteiger partial charge in [-0.1, -0.05) is 48.5 Å². The fraction of sp³-hybridized carbons (Fsp3) is 0.167. The summed E-state index contributed by atoms with van der Waals surface area (Å²) in [7, 11) is 1.90. The van der Waals surface area contributed by atoms with Gasteiger partial charge < -0.3 is 5.32 Å². The van der Waals surface area contributed by atoms with E-state index >= 15 is 0 Å². The monoisotopic (exact) mass is 277 g/mol. The molecule has 0 bridgehead atoms. The van der Waals surface area contributed by atoms with Gasteiger partial charge >= 0.3 is 0 Å². The summed E-state index contributed by atoms with van der Waals surface area (Å²) in [5.74, 6) is 0.869. The van der Waals surface area contributed by atoms with E-state index in [4.69, 9.17) is 0 Å². The lowest BCUT2D eigenvalue weighted by atomic mass is 10.0. The van der Waals surface area contributed by atoms with Crippen LogP contribution in [0.25, 0.3) is 5.69 Å². The maximum absolute atomic E-state index is 4.51. The Morgan fingerprint density at radius 1 is 1.00 bits per heavy atom. The number of aryl methyl sites for hydroxylation is 1. The minimum Gasteiger partial charge on any atom is -0.358 e. The van der Waals surface area contributed by atoms with Gasteiger partial charge in [0.2, 0.25) is 5.95 Å². The minimum atomic E-state index is 0.869. The molecule has 3 nitrogen and oxygen atoms in total. The second kappa shape index (κ2) is 5.83. The van der Waals surface area contributed by atoms with Crippen molar-refractivity contribution in [3.05, 3.63) is 77.6 Å². The molecule has 0 spiro atoms. The van der Waals surface area contributed by atoms with E-state index in [9.17, 15) is 0 Å². The van der Waals surface area contributed by atoms with Gasteiger partial charge in [0.1, 0.15) is 0 Å². The van der Waals surface area contributed by atoms with Crippen molar-refractivity contribution in [1.29, 1.82) is 0 Å². The summed E-state index contributed by atoms with van der Waals surface area (Å²) in [4.78, 5) is 4.51. The third-order valence-corrected chi connectivity index (χ3v) is 3.54. The molecule has 3 aromatic rings. The molecule has 1 heterocycles. The molecule has 0 amide bonds. The summed E-state index contributed by atoms with van der Waals surface area (Å²) in [6, 6.07) is 19.0. The molecule has 0 saturated heterocycles. The molecule has 1 aromatic heterocycles. The molecule has 3 heteroatoms. The third kappa shape index (κ3) is 2.82. The quantitative estimate of drug-likeness (QED) is 0.786. The number of rotatable bonds is 4. The van der Waals surface area contributed by atoms with E-state index in [1.165, 1.54) is 16.8 Å². The number of imidazole rings is 1. The zero-order valence-corrected chi connectivity index (χ0v) is 12.4. The van der Waals surface area contributed by atoms with Crippen LogP contribution < -0.4 is 5.32 Å². The van der Waals surface area contributed by atoms with E-state index in [0.717, 1.165) is 18.1 Å². The summed E-state index contributed by atoms with van der Waals surface area (Å²) < 4.78 is 2.12. The Labute approximate surface area is 125 Å². The van der Waals surface area contributed by atoms with Crippen molar-refractivity contribution >= 4 is 5.95 Å². The summed E-state index contributed by atoms with van der Waals surface area (Å²) in [6.45, 7) is 2.01. The average Bonchev–Trinajstić information content (AvgIpc) is 2.90. The molecule has 0 aliphatic heterocycles. The van der Waals surface area contributed by atoms with Crippen LogP contribution in [0.3, 0.4) is 0 Å². The first-order valence-electron chi connectivity index (χ1n) is 7.14. The molecule has 0 fully saturated rings. The van der Waals surface area contributed by atoms with Crippen molar-refractivity contribution in [1.82, 2.24) is 9.55 Å². The lowest BCUT2D eigenvalue weighted by molar-refractivity contribution is 1.02. The van der Waals surface area contributed by atoms with Crippen molar-refractivity contribution in [2.75, 3.05) is 12.4 Å². The van der Waals surface area contributed by atoms with Crippen LogP contribution in [-0.4, -0.2) is 16.6 Å². The number of anilines is 1. The molecule has 0 atom stereocenters. The van der Waals surface area contributed by atoms with Gasteiger partial charge in [-0.3, -0.25) is 4.57 Å². The van der Waals surface area contributed by atoms with Crippen molar-refractivity contribution < 1.29 is 0 Å². The smallest absolute Gasteiger partial charge is 0.207 e. The molecular weight excluding hydrogens is 258 g/mol. The molecule has 0 unspecified atom stereocenters. The highest BCUT2D eigenvalue weighted by Gasteiger charge is 2.10. The zero-order valence-electron chi connectivity index (χ0n) is 12.4. The maximum atomic E-state index is 4.51. The van der Waals surface area contributed by atoms with Crippen LogP contribution in [0.4, 0.5) is 5.95 Å². The molecule has 2 aromatic carbocycles. The number of hydrogen-bond donors (Lipinski definition) is 1. The predicted octanol–water partition coefficient (Wildman–Crippen LogP) is 3.81. The number of hydrogen-bond acceptors (Lipinski definition) is 2. The standard InChI is InChI=1S/C18H19N3/c1-14-13-21(18(19-2)20-14)17-11-7-6-10-16(17)12-15-8-4-3-5-9-15/h3-11,13H,12H2,1-2H3,(H,19,20). The second-order valence-corrected chi connectivity index (χ2v) is 5.12. The van der Waals surface area contributed by atoms with E-state index < -0.39 is 0 Å². The first kappa shape index (κ1) is 13.4. The molecule has 0 aliphatic rings. The van der Waals surface area contributed by atoms with Gasteiger partial charge in [0.15, 0.2) is 0 Å². The van der Waals surface area contributed by atoms with Crippen LogP contribution in [-0.2, 0) is 6.42 Å². The predicted molar refractivity (Wildman–Crippen MR) is 87.1 cm³/mol. The van der Waals surface area contributed by atoms with Crippen LogP contribution >= 0.6 is 0 Å². The van der Waals surface area contributed by atoms with E-state index in [0.29, 0.717) is 0 Å². The Hall–Kier alpha value is -2.55. The molecule has 0 radical (unpaired) electrons. The van der Waals surface area contributed by atoms with Crippen LogP contribution in [0.1, 0.15) is 16.8 Å². The Morgan fingerprint density at radius 3 is 2.48 bits per heavy atom. The normalized spacial score (nSPS) is 10.6. The van der Waals surface area contributed by atoms with Gasteiger partial charge in [-0.2, -0.15) is 0 Å². The molecule has 106 valence electrons. The molecule has 0 aliphatic carbocycles. The highest BCUT2D eigenvalue weighted by Crippen LogP contribution is 2.22. The number of aromatic nitrogens is 2. The molecule has 0 saturated carbocycles. The molecular formula is C18H19N3. The van der Waals surface area contributed by atoms with Crippen molar-refractivity contribution in [2.24, 2.45) is 0 Å². The van der Waals surface area contributed by atoms with Crippen molar-refractivity contribution in [3.63, 3.8) is 0 Å². The first-order chi connectivity index (χ1) is 10.3. The van der Waals surface area contributed by atoms with E-state index in [2.05, 4.69) is 69.6 Å². The summed E-state index contributed by atoms with van der Waals surface area (Å²) in [5.41, 5.74) is 4.78. The number of nitrogens with one attached hydrogen (secondary N) is 1. The van der Waals surface area contributed by atoms with Gasteiger partial charge in [-0.15, -0.1) is 0 Å². The average molecular weight is 277 g/mol. The largest absolute Gasteiger partial charge is 0.358 e. The second-order valence-electron chi connectivity index (χ2n) is 5.12. The van der Waals surface area contributed by atoms with Crippen LogP contribution in [0.2, 0.25) is 0 Å². The first-order valence-corrected chi connectivity index (χ1v) is 7.14. The Balaban J connectivity index is 2.03. The minimum absolute atomic E-state index is 0.869. The molecule has 21 heavy (non-hydrogen) atoms. The lowest BCUT2D eigenvalue weighted by Gasteiger charge is -2.12. The fourth-order valence-corrected chi connectivity index (χ4v) is 2.57. The van der Waals surface area contributed by atoms with E-state index in [1.807, 2.05) is 20.0 Å². The number of para-hydroxylation sites is 1. The zero-order chi connectivity index (χ0) is 14.7. The van der Waals surface area contributed by atoms with Gasteiger partial charge in [-0.25, -0.2) is 4.98 Å². The van der Waals surface area contributed by atoms with Crippen LogP contribution in [0.15, 0.2) is 60.8 Å². The highest BCUT2D eigenvalue weighted by molar-refractivity contribution is 5.49. The lowest BCUT2D eigenvalue weighted by Crippen LogP contribution is -2.04. The number of nitrogens with zero attached hydrogens (tertiary/aromatic N) is 2. The maximum Gasteiger partial charge on any atom is 0.207 e. The molecule has 1 N–H and O–H groups in total. The fourth-order valence-electron chi connectivity index (χ4n) is 2.57. The van der Waals surface area contributed by atoms with Crippen LogP contribution in [0.5, 0.6) is 0 Å².